The average molecular weight is 257 g/mol. The third-order valence-electron chi connectivity index (χ3n) is 3.05. The molecule has 0 bridgehead atoms. The molecule has 4 nitrogen and oxygen atoms in total. The van der Waals surface area contributed by atoms with E-state index in [1.165, 1.54) is 0 Å². The number of Topliss-reactive ketones (excluding diaryl/α,β-unsaturated/α-hetero) is 1. The van der Waals surface area contributed by atoms with Gasteiger partial charge in [0.1, 0.15) is 5.78 Å². The molecule has 0 N–H and O–H groups in total. The highest BCUT2D eigenvalue weighted by atomic mass is 35.5. The van der Waals surface area contributed by atoms with E-state index in [0.29, 0.717) is 42.7 Å². The molecule has 1 aliphatic carbocycles. The summed E-state index contributed by atoms with van der Waals surface area (Å²) in [5.41, 5.74) is 0.942. The number of hydrogen-bond donors (Lipinski definition) is 0. The molecular weight excluding hydrogens is 240 g/mol. The van der Waals surface area contributed by atoms with Gasteiger partial charge in [-0.25, -0.2) is 0 Å². The van der Waals surface area contributed by atoms with Crippen LogP contribution in [0.15, 0.2) is 6.20 Å². The largest absolute Gasteiger partial charge is 0.383 e. The molecule has 1 aromatic heterocycles. The number of methoxy groups -OCH3 is 1. The first-order valence-corrected chi connectivity index (χ1v) is 6.32. The van der Waals surface area contributed by atoms with E-state index in [2.05, 4.69) is 5.10 Å². The Morgan fingerprint density at radius 1 is 1.65 bits per heavy atom. The molecule has 1 fully saturated rings. The van der Waals surface area contributed by atoms with Crippen LogP contribution < -0.4 is 0 Å². The number of ether oxygens (including phenoxy) is 1. The fraction of sp³-hybridized carbons (Fsp3) is 0.667. The van der Waals surface area contributed by atoms with Crippen LogP contribution in [-0.4, -0.2) is 29.3 Å². The van der Waals surface area contributed by atoms with Gasteiger partial charge in [-0.3, -0.25) is 9.48 Å². The molecule has 1 aromatic rings. The van der Waals surface area contributed by atoms with Gasteiger partial charge in [0, 0.05) is 19.4 Å². The first kappa shape index (κ1) is 12.6. The van der Waals surface area contributed by atoms with Gasteiger partial charge >= 0.3 is 0 Å². The minimum absolute atomic E-state index is 0.323. The lowest BCUT2D eigenvalue weighted by molar-refractivity contribution is -0.120. The zero-order chi connectivity index (χ0) is 12.3. The van der Waals surface area contributed by atoms with Crippen LogP contribution >= 0.6 is 11.6 Å². The predicted octanol–water partition coefficient (Wildman–Crippen LogP) is 2.09. The second-order valence-corrected chi connectivity index (χ2v) is 4.80. The van der Waals surface area contributed by atoms with Crippen LogP contribution in [0, 0.1) is 5.92 Å². The van der Waals surface area contributed by atoms with Crippen molar-refractivity contribution in [3.63, 3.8) is 0 Å². The van der Waals surface area contributed by atoms with E-state index in [1.54, 1.807) is 13.3 Å². The summed E-state index contributed by atoms with van der Waals surface area (Å²) in [5, 5.41) is 4.83. The predicted molar refractivity (Wildman–Crippen MR) is 65.2 cm³/mol. The number of carbonyl (C=O) groups is 1. The quantitative estimate of drug-likeness (QED) is 0.750. The van der Waals surface area contributed by atoms with Gasteiger partial charge in [0.15, 0.2) is 0 Å². The molecule has 0 saturated heterocycles. The van der Waals surface area contributed by atoms with Crippen LogP contribution in [0.1, 0.15) is 25.0 Å². The second kappa shape index (κ2) is 5.65. The lowest BCUT2D eigenvalue weighted by atomic mass is 10.1. The first-order chi connectivity index (χ1) is 8.22. The normalized spacial score (nSPS) is 15.2. The number of carbonyl (C=O) groups excluding carboxylic acids is 1. The molecule has 94 valence electrons. The van der Waals surface area contributed by atoms with Crippen molar-refractivity contribution in [2.45, 2.75) is 32.2 Å². The zero-order valence-electron chi connectivity index (χ0n) is 9.99. The molecule has 17 heavy (non-hydrogen) atoms. The van der Waals surface area contributed by atoms with Crippen LogP contribution in [0.3, 0.4) is 0 Å². The zero-order valence-corrected chi connectivity index (χ0v) is 10.7. The third-order valence-corrected chi connectivity index (χ3v) is 3.36. The van der Waals surface area contributed by atoms with Crippen molar-refractivity contribution in [2.75, 3.05) is 13.7 Å². The first-order valence-electron chi connectivity index (χ1n) is 5.94. The average Bonchev–Trinajstić information content (AvgIpc) is 3.10. The smallest absolute Gasteiger partial charge is 0.136 e. The van der Waals surface area contributed by atoms with E-state index in [9.17, 15) is 4.79 Å². The number of halogens is 1. The molecule has 5 heteroatoms. The van der Waals surface area contributed by atoms with Crippen molar-refractivity contribution in [3.05, 3.63) is 16.9 Å². The van der Waals surface area contributed by atoms with Crippen LogP contribution in [0.2, 0.25) is 5.02 Å². The summed E-state index contributed by atoms with van der Waals surface area (Å²) in [4.78, 5) is 11.6. The Hall–Kier alpha value is -0.870. The van der Waals surface area contributed by atoms with E-state index >= 15 is 0 Å². The topological polar surface area (TPSA) is 44.1 Å². The molecule has 0 amide bonds. The Morgan fingerprint density at radius 2 is 2.41 bits per heavy atom. The Morgan fingerprint density at radius 3 is 3.06 bits per heavy atom. The maximum atomic E-state index is 11.6. The summed E-state index contributed by atoms with van der Waals surface area (Å²) in [6.45, 7) is 1.28. The number of aromatic nitrogens is 2. The van der Waals surface area contributed by atoms with E-state index in [0.717, 1.165) is 18.5 Å². The third kappa shape index (κ3) is 3.30. The SMILES string of the molecule is COCCn1ncc(Cl)c1CCC(=O)C1CC1. The summed E-state index contributed by atoms with van der Waals surface area (Å²) >= 11 is 6.07. The molecule has 0 radical (unpaired) electrons. The number of hydrogen-bond acceptors (Lipinski definition) is 3. The lowest BCUT2D eigenvalue weighted by Gasteiger charge is -2.07. The summed E-state index contributed by atoms with van der Waals surface area (Å²) < 4.78 is 6.84. The van der Waals surface area contributed by atoms with Crippen LogP contribution in [0.5, 0.6) is 0 Å². The standard InChI is InChI=1S/C12H17ClN2O2/c1-17-7-6-15-11(10(13)8-14-15)4-5-12(16)9-2-3-9/h8-9H,2-7H2,1H3. The highest BCUT2D eigenvalue weighted by Crippen LogP contribution is 2.31. The van der Waals surface area contributed by atoms with Gasteiger partial charge in [0.2, 0.25) is 0 Å². The Labute approximate surface area is 106 Å². The van der Waals surface area contributed by atoms with Gasteiger partial charge in [-0.15, -0.1) is 0 Å². The minimum Gasteiger partial charge on any atom is -0.383 e. The van der Waals surface area contributed by atoms with E-state index in [-0.39, 0.29) is 0 Å². The summed E-state index contributed by atoms with van der Waals surface area (Å²) in [5.74, 6) is 0.685. The maximum absolute atomic E-state index is 11.6. The van der Waals surface area contributed by atoms with Crippen molar-refractivity contribution in [2.24, 2.45) is 5.92 Å². The van der Waals surface area contributed by atoms with Crippen molar-refractivity contribution >= 4 is 17.4 Å². The molecule has 1 heterocycles. The Balaban J connectivity index is 1.93. The molecule has 0 aromatic carbocycles. The molecule has 1 aliphatic rings. The van der Waals surface area contributed by atoms with Crippen LogP contribution in [0.4, 0.5) is 0 Å². The molecule has 2 rings (SSSR count). The lowest BCUT2D eigenvalue weighted by Crippen LogP contribution is -2.11. The number of ketones is 1. The van der Waals surface area contributed by atoms with Gasteiger partial charge in [-0.1, -0.05) is 11.6 Å². The van der Waals surface area contributed by atoms with E-state index in [1.807, 2.05) is 4.68 Å². The Kier molecular flexibility index (Phi) is 4.18. The van der Waals surface area contributed by atoms with Crippen molar-refractivity contribution < 1.29 is 9.53 Å². The van der Waals surface area contributed by atoms with Gasteiger partial charge in [-0.2, -0.15) is 5.10 Å². The molecular formula is C12H17ClN2O2. The van der Waals surface area contributed by atoms with Crippen molar-refractivity contribution in [3.8, 4) is 0 Å². The molecule has 0 spiro atoms. The number of nitrogens with zero attached hydrogens (tertiary/aromatic N) is 2. The maximum Gasteiger partial charge on any atom is 0.136 e. The van der Waals surface area contributed by atoms with Gasteiger partial charge in [-0.05, 0) is 19.3 Å². The molecule has 0 atom stereocenters. The van der Waals surface area contributed by atoms with E-state index in [4.69, 9.17) is 16.3 Å². The fourth-order valence-corrected chi connectivity index (χ4v) is 2.09. The van der Waals surface area contributed by atoms with E-state index < -0.39 is 0 Å². The summed E-state index contributed by atoms with van der Waals surface area (Å²) in [7, 11) is 1.65. The Bertz CT molecular complexity index is 399. The number of rotatable bonds is 7. The van der Waals surface area contributed by atoms with Crippen molar-refractivity contribution in [1.82, 2.24) is 9.78 Å². The van der Waals surface area contributed by atoms with Gasteiger partial charge < -0.3 is 4.74 Å². The van der Waals surface area contributed by atoms with Gasteiger partial charge in [0.05, 0.1) is 30.1 Å². The summed E-state index contributed by atoms with van der Waals surface area (Å²) in [6, 6.07) is 0. The highest BCUT2D eigenvalue weighted by molar-refractivity contribution is 6.31. The summed E-state index contributed by atoms with van der Waals surface area (Å²) in [6.07, 6.45) is 5.01. The second-order valence-electron chi connectivity index (χ2n) is 4.40. The van der Waals surface area contributed by atoms with Gasteiger partial charge in [0.25, 0.3) is 0 Å². The van der Waals surface area contributed by atoms with Crippen LogP contribution in [0.25, 0.3) is 0 Å². The van der Waals surface area contributed by atoms with Crippen molar-refractivity contribution in [1.29, 1.82) is 0 Å². The molecule has 0 unspecified atom stereocenters. The molecule has 0 aliphatic heterocycles. The molecule has 1 saturated carbocycles. The fourth-order valence-electron chi connectivity index (χ4n) is 1.86. The monoisotopic (exact) mass is 256 g/mol. The minimum atomic E-state index is 0.323. The highest BCUT2D eigenvalue weighted by Gasteiger charge is 2.29. The van der Waals surface area contributed by atoms with Crippen LogP contribution in [-0.2, 0) is 22.5 Å².